The van der Waals surface area contributed by atoms with Crippen LogP contribution < -0.4 is 5.32 Å². The Hall–Kier alpha value is -2.63. The number of furan rings is 1. The van der Waals surface area contributed by atoms with Crippen molar-refractivity contribution in [1.29, 1.82) is 0 Å². The number of nitrogens with one attached hydrogen (secondary N) is 1. The second kappa shape index (κ2) is 4.80. The van der Waals surface area contributed by atoms with Crippen LogP contribution in [0.1, 0.15) is 21.9 Å². The number of hydrogen-bond donors (Lipinski definition) is 1. The first-order valence-electron chi connectivity index (χ1n) is 6.26. The average molecular weight is 270 g/mol. The van der Waals surface area contributed by atoms with E-state index in [-0.39, 0.29) is 5.91 Å². The Morgan fingerprint density at radius 3 is 2.95 bits per heavy atom. The van der Waals surface area contributed by atoms with Crippen LogP contribution in [0, 0.1) is 6.92 Å². The molecule has 0 aliphatic rings. The molecule has 0 unspecified atom stereocenters. The second-order valence-corrected chi connectivity index (χ2v) is 4.61. The van der Waals surface area contributed by atoms with E-state index in [4.69, 9.17) is 4.42 Å². The molecule has 6 nitrogen and oxygen atoms in total. The maximum Gasteiger partial charge on any atom is 0.251 e. The van der Waals surface area contributed by atoms with Crippen LogP contribution in [0.3, 0.4) is 0 Å². The molecule has 20 heavy (non-hydrogen) atoms. The van der Waals surface area contributed by atoms with Crippen molar-refractivity contribution in [3.05, 3.63) is 47.4 Å². The highest BCUT2D eigenvalue weighted by atomic mass is 16.3. The number of rotatable bonds is 3. The molecule has 0 fully saturated rings. The number of nitrogens with zero attached hydrogens (tertiary/aromatic N) is 3. The van der Waals surface area contributed by atoms with Gasteiger partial charge in [-0.05, 0) is 37.3 Å². The summed E-state index contributed by atoms with van der Waals surface area (Å²) in [6.07, 6.45) is 0. The van der Waals surface area contributed by atoms with Crippen molar-refractivity contribution in [2.75, 3.05) is 0 Å². The lowest BCUT2D eigenvalue weighted by atomic mass is 10.2. The molecule has 0 bridgehead atoms. The van der Waals surface area contributed by atoms with Crippen LogP contribution in [0.15, 0.2) is 34.7 Å². The van der Waals surface area contributed by atoms with Gasteiger partial charge in [-0.2, -0.15) is 0 Å². The monoisotopic (exact) mass is 270 g/mol. The van der Waals surface area contributed by atoms with Gasteiger partial charge in [0.05, 0.1) is 12.1 Å². The highest BCUT2D eigenvalue weighted by Crippen LogP contribution is 2.13. The van der Waals surface area contributed by atoms with Gasteiger partial charge in [-0.15, -0.1) is 5.10 Å². The first-order chi connectivity index (χ1) is 9.63. The van der Waals surface area contributed by atoms with E-state index in [1.165, 1.54) is 0 Å². The molecule has 1 aromatic carbocycles. The predicted molar refractivity (Wildman–Crippen MR) is 73.1 cm³/mol. The van der Waals surface area contributed by atoms with Crippen molar-refractivity contribution in [1.82, 2.24) is 20.3 Å². The van der Waals surface area contributed by atoms with E-state index in [2.05, 4.69) is 15.6 Å². The smallest absolute Gasteiger partial charge is 0.251 e. The summed E-state index contributed by atoms with van der Waals surface area (Å²) < 4.78 is 7.07. The molecule has 0 radical (unpaired) electrons. The summed E-state index contributed by atoms with van der Waals surface area (Å²) in [5.41, 5.74) is 2.15. The van der Waals surface area contributed by atoms with Gasteiger partial charge in [-0.25, -0.2) is 4.68 Å². The molecular formula is C14H14N4O2. The van der Waals surface area contributed by atoms with Crippen LogP contribution in [-0.2, 0) is 13.6 Å². The lowest BCUT2D eigenvalue weighted by Crippen LogP contribution is -2.22. The lowest BCUT2D eigenvalue weighted by molar-refractivity contribution is 0.0948. The number of hydrogen-bond acceptors (Lipinski definition) is 4. The van der Waals surface area contributed by atoms with Gasteiger partial charge in [0.1, 0.15) is 17.0 Å². The molecule has 0 atom stereocenters. The topological polar surface area (TPSA) is 73.0 Å². The van der Waals surface area contributed by atoms with E-state index in [0.29, 0.717) is 17.6 Å². The number of aromatic nitrogens is 3. The number of benzene rings is 1. The van der Waals surface area contributed by atoms with Gasteiger partial charge in [0.25, 0.3) is 5.91 Å². The van der Waals surface area contributed by atoms with Crippen LogP contribution in [0.5, 0.6) is 0 Å². The molecule has 2 aromatic heterocycles. The molecule has 0 aliphatic heterocycles. The van der Waals surface area contributed by atoms with Gasteiger partial charge in [-0.3, -0.25) is 4.79 Å². The maximum absolute atomic E-state index is 12.1. The fraction of sp³-hybridized carbons (Fsp3) is 0.214. The van der Waals surface area contributed by atoms with Gasteiger partial charge in [0.15, 0.2) is 0 Å². The zero-order chi connectivity index (χ0) is 14.1. The van der Waals surface area contributed by atoms with Crippen LogP contribution in [0.2, 0.25) is 0 Å². The largest absolute Gasteiger partial charge is 0.465 e. The minimum atomic E-state index is -0.161. The summed E-state index contributed by atoms with van der Waals surface area (Å²) in [6, 6.07) is 9.04. The number of amides is 1. The van der Waals surface area contributed by atoms with E-state index < -0.39 is 0 Å². The van der Waals surface area contributed by atoms with Gasteiger partial charge in [0, 0.05) is 12.6 Å². The fourth-order valence-corrected chi connectivity index (χ4v) is 2.03. The second-order valence-electron chi connectivity index (χ2n) is 4.61. The Labute approximate surface area is 115 Å². The molecule has 0 spiro atoms. The number of carbonyl (C=O) groups is 1. The Morgan fingerprint density at radius 2 is 2.20 bits per heavy atom. The average Bonchev–Trinajstić information content (AvgIpc) is 3.02. The fourth-order valence-electron chi connectivity index (χ4n) is 2.03. The minimum Gasteiger partial charge on any atom is -0.465 e. The molecule has 102 valence electrons. The van der Waals surface area contributed by atoms with Gasteiger partial charge in [-0.1, -0.05) is 5.21 Å². The molecular weight excluding hydrogens is 256 g/mol. The van der Waals surface area contributed by atoms with Crippen LogP contribution >= 0.6 is 0 Å². The zero-order valence-corrected chi connectivity index (χ0v) is 11.3. The summed E-state index contributed by atoms with van der Waals surface area (Å²) in [7, 11) is 1.81. The van der Waals surface area contributed by atoms with Crippen molar-refractivity contribution in [2.45, 2.75) is 13.5 Å². The zero-order valence-electron chi connectivity index (χ0n) is 11.3. The van der Waals surface area contributed by atoms with Crippen LogP contribution in [0.25, 0.3) is 11.0 Å². The molecule has 3 rings (SSSR count). The normalized spacial score (nSPS) is 10.9. The third kappa shape index (κ3) is 2.27. The highest BCUT2D eigenvalue weighted by Gasteiger charge is 2.09. The summed E-state index contributed by atoms with van der Waals surface area (Å²) in [6.45, 7) is 2.23. The van der Waals surface area contributed by atoms with Crippen molar-refractivity contribution in [3.8, 4) is 0 Å². The quantitative estimate of drug-likeness (QED) is 0.787. The predicted octanol–water partition coefficient (Wildman–Crippen LogP) is 1.80. The van der Waals surface area contributed by atoms with E-state index in [9.17, 15) is 4.79 Å². The number of fused-ring (bicyclic) bond motifs is 1. The molecule has 6 heteroatoms. The third-order valence-electron chi connectivity index (χ3n) is 3.09. The molecule has 1 N–H and O–H groups in total. The first-order valence-corrected chi connectivity index (χ1v) is 6.26. The van der Waals surface area contributed by atoms with Crippen molar-refractivity contribution in [2.24, 2.45) is 7.05 Å². The Bertz CT molecular complexity index is 772. The summed E-state index contributed by atoms with van der Waals surface area (Å²) in [5.74, 6) is 1.40. The standard InChI is InChI=1S/C14H14N4O2/c1-9-3-5-11(20-9)8-15-14(19)10-4-6-13-12(7-10)16-17-18(13)2/h3-7H,8H2,1-2H3,(H,15,19). The van der Waals surface area contributed by atoms with E-state index in [0.717, 1.165) is 17.0 Å². The summed E-state index contributed by atoms with van der Waals surface area (Å²) in [5, 5.41) is 10.7. The van der Waals surface area contributed by atoms with Crippen molar-refractivity contribution < 1.29 is 9.21 Å². The van der Waals surface area contributed by atoms with E-state index >= 15 is 0 Å². The number of aryl methyl sites for hydroxylation is 2. The van der Waals surface area contributed by atoms with Crippen LogP contribution in [0.4, 0.5) is 0 Å². The van der Waals surface area contributed by atoms with Gasteiger partial charge < -0.3 is 9.73 Å². The molecule has 3 aromatic rings. The van der Waals surface area contributed by atoms with E-state index in [1.807, 2.05) is 32.2 Å². The molecule has 0 aliphatic carbocycles. The number of carbonyl (C=O) groups excluding carboxylic acids is 1. The summed E-state index contributed by atoms with van der Waals surface area (Å²) >= 11 is 0. The Balaban J connectivity index is 1.75. The molecule has 2 heterocycles. The Morgan fingerprint density at radius 1 is 1.35 bits per heavy atom. The highest BCUT2D eigenvalue weighted by molar-refractivity contribution is 5.97. The molecule has 1 amide bonds. The third-order valence-corrected chi connectivity index (χ3v) is 3.09. The lowest BCUT2D eigenvalue weighted by Gasteiger charge is -2.03. The Kier molecular flexibility index (Phi) is 2.98. The van der Waals surface area contributed by atoms with Crippen LogP contribution in [-0.4, -0.2) is 20.9 Å². The van der Waals surface area contributed by atoms with Crippen molar-refractivity contribution >= 4 is 16.9 Å². The summed E-state index contributed by atoms with van der Waals surface area (Å²) in [4.78, 5) is 12.1. The molecule has 0 saturated heterocycles. The molecule has 0 saturated carbocycles. The minimum absolute atomic E-state index is 0.161. The SMILES string of the molecule is Cc1ccc(CNC(=O)c2ccc3c(c2)nnn3C)o1. The maximum atomic E-state index is 12.1. The van der Waals surface area contributed by atoms with Crippen molar-refractivity contribution in [3.63, 3.8) is 0 Å². The first kappa shape index (κ1) is 12.4. The van der Waals surface area contributed by atoms with Gasteiger partial charge in [0.2, 0.25) is 0 Å². The van der Waals surface area contributed by atoms with Gasteiger partial charge >= 0.3 is 0 Å². The van der Waals surface area contributed by atoms with E-state index in [1.54, 1.807) is 16.8 Å².